The zero-order valence-electron chi connectivity index (χ0n) is 8.63. The molecule has 2 aliphatic rings. The topological polar surface area (TPSA) is 38.3 Å². The van der Waals surface area contributed by atoms with Crippen LogP contribution < -0.4 is 5.32 Å². The van der Waals surface area contributed by atoms with E-state index < -0.39 is 0 Å². The fraction of sp³-hybridized carbons (Fsp3) is 0.909. The third-order valence-corrected chi connectivity index (χ3v) is 3.28. The maximum Gasteiger partial charge on any atom is 0.152 e. The summed E-state index contributed by atoms with van der Waals surface area (Å²) in [6.07, 6.45) is 5.31. The molecule has 0 aromatic carbocycles. The molecule has 3 heteroatoms. The van der Waals surface area contributed by atoms with Gasteiger partial charge in [0.05, 0.1) is 6.04 Å². The number of Topliss-reactive ketones (excluding diaryl/α,β-unsaturated/α-hetero) is 1. The molecule has 0 saturated carbocycles. The van der Waals surface area contributed by atoms with Crippen molar-refractivity contribution < 1.29 is 9.53 Å². The van der Waals surface area contributed by atoms with Gasteiger partial charge in [0.2, 0.25) is 0 Å². The Morgan fingerprint density at radius 3 is 2.57 bits per heavy atom. The number of hydrogen-bond acceptors (Lipinski definition) is 3. The zero-order chi connectivity index (χ0) is 9.80. The van der Waals surface area contributed by atoms with E-state index in [-0.39, 0.29) is 12.0 Å². The lowest BCUT2D eigenvalue weighted by Crippen LogP contribution is -2.44. The highest BCUT2D eigenvalue weighted by atomic mass is 16.5. The molecule has 2 fully saturated rings. The largest absolute Gasteiger partial charge is 0.381 e. The van der Waals surface area contributed by atoms with Gasteiger partial charge < -0.3 is 10.1 Å². The molecular weight excluding hydrogens is 178 g/mol. The maximum absolute atomic E-state index is 12.0. The highest BCUT2D eigenvalue weighted by Crippen LogP contribution is 2.20. The van der Waals surface area contributed by atoms with E-state index in [1.807, 2.05) is 0 Å². The molecule has 0 spiro atoms. The van der Waals surface area contributed by atoms with Gasteiger partial charge in [-0.25, -0.2) is 0 Å². The average molecular weight is 197 g/mol. The van der Waals surface area contributed by atoms with Crippen molar-refractivity contribution >= 4 is 5.78 Å². The quantitative estimate of drug-likeness (QED) is 0.721. The molecule has 2 heterocycles. The number of hydrogen-bond donors (Lipinski definition) is 1. The molecule has 2 rings (SSSR count). The van der Waals surface area contributed by atoms with Crippen LogP contribution in [-0.2, 0) is 9.53 Å². The van der Waals surface area contributed by atoms with Gasteiger partial charge >= 0.3 is 0 Å². The summed E-state index contributed by atoms with van der Waals surface area (Å²) in [4.78, 5) is 12.0. The number of ether oxygens (including phenoxy) is 1. The monoisotopic (exact) mass is 197 g/mol. The first-order chi connectivity index (χ1) is 6.88. The number of rotatable bonds is 2. The van der Waals surface area contributed by atoms with Crippen molar-refractivity contribution in [2.75, 3.05) is 19.8 Å². The summed E-state index contributed by atoms with van der Waals surface area (Å²) >= 11 is 0. The van der Waals surface area contributed by atoms with Crippen LogP contribution in [0.3, 0.4) is 0 Å². The highest BCUT2D eigenvalue weighted by molar-refractivity contribution is 5.86. The van der Waals surface area contributed by atoms with Crippen molar-refractivity contribution in [3.63, 3.8) is 0 Å². The Kier molecular flexibility index (Phi) is 3.54. The average Bonchev–Trinajstić information content (AvgIpc) is 2.30. The van der Waals surface area contributed by atoms with Gasteiger partial charge in [-0.15, -0.1) is 0 Å². The third kappa shape index (κ3) is 2.34. The third-order valence-electron chi connectivity index (χ3n) is 3.28. The van der Waals surface area contributed by atoms with Crippen LogP contribution in [0.5, 0.6) is 0 Å². The van der Waals surface area contributed by atoms with Gasteiger partial charge in [0.15, 0.2) is 5.78 Å². The lowest BCUT2D eigenvalue weighted by Gasteiger charge is -2.28. The van der Waals surface area contributed by atoms with Crippen molar-refractivity contribution in [2.24, 2.45) is 5.92 Å². The Labute approximate surface area is 85.2 Å². The van der Waals surface area contributed by atoms with Gasteiger partial charge in [-0.05, 0) is 32.2 Å². The molecular formula is C11H19NO2. The lowest BCUT2D eigenvalue weighted by molar-refractivity contribution is -0.128. The molecule has 0 bridgehead atoms. The molecule has 2 aliphatic heterocycles. The van der Waals surface area contributed by atoms with Gasteiger partial charge in [0.1, 0.15) is 0 Å². The summed E-state index contributed by atoms with van der Waals surface area (Å²) in [5.41, 5.74) is 0. The van der Waals surface area contributed by atoms with E-state index in [1.165, 1.54) is 12.8 Å². The van der Waals surface area contributed by atoms with E-state index in [1.54, 1.807) is 0 Å². The summed E-state index contributed by atoms with van der Waals surface area (Å²) < 4.78 is 5.26. The molecule has 80 valence electrons. The molecule has 0 aromatic rings. The highest BCUT2D eigenvalue weighted by Gasteiger charge is 2.28. The van der Waals surface area contributed by atoms with E-state index in [0.717, 1.165) is 39.0 Å². The van der Waals surface area contributed by atoms with E-state index in [4.69, 9.17) is 4.74 Å². The summed E-state index contributed by atoms with van der Waals surface area (Å²) in [6, 6.07) is 0.145. The second-order valence-electron chi connectivity index (χ2n) is 4.29. The first-order valence-corrected chi connectivity index (χ1v) is 5.73. The van der Waals surface area contributed by atoms with Crippen LogP contribution in [0, 0.1) is 5.92 Å². The van der Waals surface area contributed by atoms with Crippen molar-refractivity contribution in [2.45, 2.75) is 38.1 Å². The summed E-state index contributed by atoms with van der Waals surface area (Å²) in [5.74, 6) is 0.701. The van der Waals surface area contributed by atoms with Crippen LogP contribution in [0.4, 0.5) is 0 Å². The molecule has 2 saturated heterocycles. The Morgan fingerprint density at radius 2 is 1.93 bits per heavy atom. The molecule has 0 amide bonds. The summed E-state index contributed by atoms with van der Waals surface area (Å²) in [7, 11) is 0. The Morgan fingerprint density at radius 1 is 1.14 bits per heavy atom. The number of carbonyl (C=O) groups excluding carboxylic acids is 1. The summed E-state index contributed by atoms with van der Waals surface area (Å²) in [6.45, 7) is 2.55. The van der Waals surface area contributed by atoms with Crippen LogP contribution in [0.2, 0.25) is 0 Å². The minimum atomic E-state index is 0.145. The number of nitrogens with one attached hydrogen (secondary N) is 1. The summed E-state index contributed by atoms with van der Waals surface area (Å²) in [5, 5.41) is 3.33. The van der Waals surface area contributed by atoms with Gasteiger partial charge in [-0.1, -0.05) is 6.42 Å². The Balaban J connectivity index is 1.85. The van der Waals surface area contributed by atoms with Gasteiger partial charge in [0, 0.05) is 19.1 Å². The van der Waals surface area contributed by atoms with Gasteiger partial charge in [0.25, 0.3) is 0 Å². The number of piperidine rings is 1. The molecule has 3 nitrogen and oxygen atoms in total. The second kappa shape index (κ2) is 4.89. The van der Waals surface area contributed by atoms with Crippen molar-refractivity contribution in [1.29, 1.82) is 0 Å². The van der Waals surface area contributed by atoms with Crippen LogP contribution >= 0.6 is 0 Å². The predicted octanol–water partition coefficient (Wildman–Crippen LogP) is 1.12. The minimum Gasteiger partial charge on any atom is -0.381 e. The molecule has 1 unspecified atom stereocenters. The van der Waals surface area contributed by atoms with Gasteiger partial charge in [-0.2, -0.15) is 0 Å². The van der Waals surface area contributed by atoms with E-state index in [2.05, 4.69) is 5.32 Å². The lowest BCUT2D eigenvalue weighted by atomic mass is 9.88. The predicted molar refractivity (Wildman–Crippen MR) is 54.2 cm³/mol. The fourth-order valence-electron chi connectivity index (χ4n) is 2.36. The number of carbonyl (C=O) groups is 1. The second-order valence-corrected chi connectivity index (χ2v) is 4.29. The molecule has 0 aliphatic carbocycles. The minimum absolute atomic E-state index is 0.145. The first-order valence-electron chi connectivity index (χ1n) is 5.73. The smallest absolute Gasteiger partial charge is 0.152 e. The van der Waals surface area contributed by atoms with Crippen molar-refractivity contribution in [3.05, 3.63) is 0 Å². The molecule has 1 atom stereocenters. The van der Waals surface area contributed by atoms with E-state index in [0.29, 0.717) is 5.78 Å². The number of ketones is 1. The fourth-order valence-corrected chi connectivity index (χ4v) is 2.36. The normalized spacial score (nSPS) is 30.1. The van der Waals surface area contributed by atoms with Crippen molar-refractivity contribution in [3.8, 4) is 0 Å². The van der Waals surface area contributed by atoms with E-state index >= 15 is 0 Å². The molecule has 0 aromatic heterocycles. The maximum atomic E-state index is 12.0. The van der Waals surface area contributed by atoms with Crippen LogP contribution in [0.15, 0.2) is 0 Å². The van der Waals surface area contributed by atoms with Gasteiger partial charge in [-0.3, -0.25) is 4.79 Å². The van der Waals surface area contributed by atoms with Crippen LogP contribution in [-0.4, -0.2) is 31.6 Å². The SMILES string of the molecule is O=C(C1CCOCC1)C1CCCCN1. The zero-order valence-corrected chi connectivity index (χ0v) is 8.63. The standard InChI is InChI=1S/C11H19NO2/c13-11(9-4-7-14-8-5-9)10-3-1-2-6-12-10/h9-10,12H,1-8H2. The van der Waals surface area contributed by atoms with Crippen LogP contribution in [0.1, 0.15) is 32.1 Å². The Bertz CT molecular complexity index is 173. The molecule has 1 N–H and O–H groups in total. The Hall–Kier alpha value is -0.410. The molecule has 14 heavy (non-hydrogen) atoms. The molecule has 0 radical (unpaired) electrons. The first kappa shape index (κ1) is 10.1. The van der Waals surface area contributed by atoms with Crippen LogP contribution in [0.25, 0.3) is 0 Å². The van der Waals surface area contributed by atoms with Crippen molar-refractivity contribution in [1.82, 2.24) is 5.32 Å². The van der Waals surface area contributed by atoms with E-state index in [9.17, 15) is 4.79 Å².